The van der Waals surface area contributed by atoms with Crippen LogP contribution < -0.4 is 11.1 Å². The van der Waals surface area contributed by atoms with Crippen LogP contribution >= 0.6 is 0 Å². The number of hydrogen-bond acceptors (Lipinski definition) is 3. The van der Waals surface area contributed by atoms with E-state index in [1.54, 1.807) is 0 Å². The van der Waals surface area contributed by atoms with Gasteiger partial charge in [-0.15, -0.1) is 0 Å². The van der Waals surface area contributed by atoms with E-state index in [4.69, 9.17) is 10.5 Å². The van der Waals surface area contributed by atoms with Crippen molar-refractivity contribution in [1.82, 2.24) is 5.32 Å². The smallest absolute Gasteiger partial charge is 0.0662 e. The van der Waals surface area contributed by atoms with Crippen LogP contribution in [0.4, 0.5) is 0 Å². The van der Waals surface area contributed by atoms with Crippen molar-refractivity contribution < 1.29 is 4.74 Å². The van der Waals surface area contributed by atoms with Crippen molar-refractivity contribution in [3.8, 4) is 0 Å². The van der Waals surface area contributed by atoms with Gasteiger partial charge in [0, 0.05) is 30.1 Å². The minimum Gasteiger partial charge on any atom is -0.378 e. The molecule has 0 aromatic rings. The van der Waals surface area contributed by atoms with Crippen LogP contribution in [0, 0.1) is 11.3 Å². The van der Waals surface area contributed by atoms with Crippen molar-refractivity contribution in [2.24, 2.45) is 17.1 Å². The predicted molar refractivity (Wildman–Crippen MR) is 75.5 cm³/mol. The van der Waals surface area contributed by atoms with Gasteiger partial charge < -0.3 is 15.8 Å². The number of ether oxygens (including phenoxy) is 1. The highest BCUT2D eigenvalue weighted by Crippen LogP contribution is 2.49. The molecule has 0 aromatic carbocycles. The zero-order chi connectivity index (χ0) is 13.4. The lowest BCUT2D eigenvalue weighted by molar-refractivity contribution is -0.148. The molecule has 3 heteroatoms. The minimum absolute atomic E-state index is 0.0884. The molecule has 0 heterocycles. The molecule has 0 bridgehead atoms. The van der Waals surface area contributed by atoms with Crippen LogP contribution in [0.1, 0.15) is 53.4 Å². The molecule has 4 unspecified atom stereocenters. The third kappa shape index (κ3) is 2.45. The number of nitrogens with one attached hydrogen (secondary N) is 1. The molecule has 4 atom stereocenters. The summed E-state index contributed by atoms with van der Waals surface area (Å²) in [7, 11) is 0. The van der Waals surface area contributed by atoms with E-state index in [-0.39, 0.29) is 11.0 Å². The Morgan fingerprint density at radius 1 is 1.33 bits per heavy atom. The van der Waals surface area contributed by atoms with Crippen molar-refractivity contribution >= 4 is 0 Å². The van der Waals surface area contributed by atoms with E-state index in [0.29, 0.717) is 6.10 Å². The fourth-order valence-corrected chi connectivity index (χ4v) is 3.31. The number of hydrogen-bond donors (Lipinski definition) is 2. The van der Waals surface area contributed by atoms with Crippen molar-refractivity contribution in [3.05, 3.63) is 0 Å². The molecular formula is C15H30N2O. The first kappa shape index (κ1) is 14.3. The minimum atomic E-state index is -0.0911. The van der Waals surface area contributed by atoms with Gasteiger partial charge in [0.2, 0.25) is 0 Å². The maximum absolute atomic E-state index is 6.55. The Balaban J connectivity index is 1.76. The molecule has 2 fully saturated rings. The van der Waals surface area contributed by atoms with Gasteiger partial charge in [-0.05, 0) is 32.1 Å². The molecule has 0 amide bonds. The molecule has 3 nitrogen and oxygen atoms in total. The molecule has 2 aliphatic carbocycles. The Hall–Kier alpha value is -0.120. The largest absolute Gasteiger partial charge is 0.378 e. The first-order valence-electron chi connectivity index (χ1n) is 7.58. The fraction of sp³-hybridized carbons (Fsp3) is 1.00. The first-order chi connectivity index (χ1) is 8.44. The molecule has 0 spiro atoms. The van der Waals surface area contributed by atoms with Gasteiger partial charge in [0.05, 0.1) is 6.10 Å². The summed E-state index contributed by atoms with van der Waals surface area (Å²) in [6.45, 7) is 10.5. The average molecular weight is 254 g/mol. The van der Waals surface area contributed by atoms with Gasteiger partial charge in [-0.2, -0.15) is 0 Å². The Bertz CT molecular complexity index is 292. The second-order valence-corrected chi connectivity index (χ2v) is 6.80. The van der Waals surface area contributed by atoms with Gasteiger partial charge in [-0.25, -0.2) is 0 Å². The van der Waals surface area contributed by atoms with E-state index in [1.807, 2.05) is 0 Å². The summed E-state index contributed by atoms with van der Waals surface area (Å²) < 4.78 is 5.76. The third-order valence-corrected chi connectivity index (χ3v) is 5.27. The van der Waals surface area contributed by atoms with Crippen LogP contribution in [0.2, 0.25) is 0 Å². The summed E-state index contributed by atoms with van der Waals surface area (Å²) >= 11 is 0. The van der Waals surface area contributed by atoms with Gasteiger partial charge in [-0.3, -0.25) is 0 Å². The third-order valence-electron chi connectivity index (χ3n) is 5.27. The monoisotopic (exact) mass is 254 g/mol. The van der Waals surface area contributed by atoms with E-state index in [0.717, 1.165) is 31.5 Å². The predicted octanol–water partition coefficient (Wildman–Crippen LogP) is 2.30. The van der Waals surface area contributed by atoms with Gasteiger partial charge in [0.25, 0.3) is 0 Å². The molecule has 0 aromatic heterocycles. The lowest BCUT2D eigenvalue weighted by Gasteiger charge is -2.59. The maximum atomic E-state index is 6.55. The molecular weight excluding hydrogens is 224 g/mol. The maximum Gasteiger partial charge on any atom is 0.0662 e. The molecule has 18 heavy (non-hydrogen) atoms. The van der Waals surface area contributed by atoms with Crippen molar-refractivity contribution in [1.29, 1.82) is 0 Å². The summed E-state index contributed by atoms with van der Waals surface area (Å²) in [5.41, 5.74) is 6.55. The van der Waals surface area contributed by atoms with Gasteiger partial charge in [0.15, 0.2) is 0 Å². The van der Waals surface area contributed by atoms with E-state index in [9.17, 15) is 0 Å². The molecule has 0 aliphatic heterocycles. The molecule has 2 saturated carbocycles. The van der Waals surface area contributed by atoms with Crippen LogP contribution in [0.15, 0.2) is 0 Å². The summed E-state index contributed by atoms with van der Waals surface area (Å²) in [5.74, 6) is 0.907. The summed E-state index contributed by atoms with van der Waals surface area (Å²) in [5, 5.41) is 3.67. The number of rotatable bonds is 7. The van der Waals surface area contributed by atoms with E-state index in [1.165, 1.54) is 19.3 Å². The van der Waals surface area contributed by atoms with E-state index < -0.39 is 0 Å². The van der Waals surface area contributed by atoms with Crippen LogP contribution in [-0.4, -0.2) is 30.8 Å². The number of nitrogens with two attached hydrogens (primary N) is 1. The quantitative estimate of drug-likeness (QED) is 0.733. The second-order valence-electron chi connectivity index (χ2n) is 6.80. The Morgan fingerprint density at radius 2 is 2.06 bits per heavy atom. The van der Waals surface area contributed by atoms with Gasteiger partial charge in [-0.1, -0.05) is 27.2 Å². The Morgan fingerprint density at radius 3 is 2.61 bits per heavy atom. The van der Waals surface area contributed by atoms with Crippen LogP contribution in [0.25, 0.3) is 0 Å². The molecule has 0 radical (unpaired) electrons. The van der Waals surface area contributed by atoms with Crippen molar-refractivity contribution in [2.45, 2.75) is 71.1 Å². The summed E-state index contributed by atoms with van der Waals surface area (Å²) in [6.07, 6.45) is 5.33. The molecule has 2 aliphatic rings. The fourth-order valence-electron chi connectivity index (χ4n) is 3.31. The zero-order valence-corrected chi connectivity index (χ0v) is 12.5. The molecule has 0 saturated heterocycles. The second kappa shape index (κ2) is 5.10. The molecule has 2 rings (SSSR count). The highest BCUT2D eigenvalue weighted by Gasteiger charge is 2.58. The van der Waals surface area contributed by atoms with Crippen LogP contribution in [0.5, 0.6) is 0 Å². The lowest BCUT2D eigenvalue weighted by Crippen LogP contribution is -2.73. The summed E-state index contributed by atoms with van der Waals surface area (Å²) in [6, 6.07) is 0.729. The SMILES string of the molecule is CCCC1CC1NCC1(N)CC(OCC)C1(C)C. The molecule has 3 N–H and O–H groups in total. The Kier molecular flexibility index (Phi) is 4.05. The van der Waals surface area contributed by atoms with Crippen molar-refractivity contribution in [3.63, 3.8) is 0 Å². The van der Waals surface area contributed by atoms with E-state index in [2.05, 4.69) is 33.0 Å². The molecule has 106 valence electrons. The van der Waals surface area contributed by atoms with Crippen LogP contribution in [0.3, 0.4) is 0 Å². The van der Waals surface area contributed by atoms with Crippen molar-refractivity contribution in [2.75, 3.05) is 13.2 Å². The normalized spacial score (nSPS) is 41.5. The van der Waals surface area contributed by atoms with E-state index >= 15 is 0 Å². The highest BCUT2D eigenvalue weighted by atomic mass is 16.5. The first-order valence-corrected chi connectivity index (χ1v) is 7.58. The Labute approximate surface area is 112 Å². The average Bonchev–Trinajstić information content (AvgIpc) is 3.05. The highest BCUT2D eigenvalue weighted by molar-refractivity contribution is 5.15. The summed E-state index contributed by atoms with van der Waals surface area (Å²) in [4.78, 5) is 0. The topological polar surface area (TPSA) is 47.3 Å². The zero-order valence-electron chi connectivity index (χ0n) is 12.5. The van der Waals surface area contributed by atoms with Gasteiger partial charge in [0.1, 0.15) is 0 Å². The van der Waals surface area contributed by atoms with Gasteiger partial charge >= 0.3 is 0 Å². The van der Waals surface area contributed by atoms with Crippen LogP contribution in [-0.2, 0) is 4.74 Å². The standard InChI is InChI=1S/C15H30N2O/c1-5-7-11-8-12(11)17-10-15(16)9-13(18-6-2)14(15,3)4/h11-13,17H,5-10,16H2,1-4H3. The lowest BCUT2D eigenvalue weighted by atomic mass is 9.54.